The zero-order valence-electron chi connectivity index (χ0n) is 10.1. The lowest BCUT2D eigenvalue weighted by Gasteiger charge is -2.38. The predicted octanol–water partition coefficient (Wildman–Crippen LogP) is 2.25. The zero-order valence-corrected chi connectivity index (χ0v) is 10.1. The van der Waals surface area contributed by atoms with Gasteiger partial charge in [0.05, 0.1) is 0 Å². The predicted molar refractivity (Wildman–Crippen MR) is 68.1 cm³/mol. The van der Waals surface area contributed by atoms with Crippen LogP contribution in [-0.2, 0) is 6.54 Å². The van der Waals surface area contributed by atoms with E-state index in [2.05, 4.69) is 42.3 Å². The summed E-state index contributed by atoms with van der Waals surface area (Å²) < 4.78 is 0. The Morgan fingerprint density at radius 3 is 2.50 bits per heavy atom. The monoisotopic (exact) mass is 218 g/mol. The lowest BCUT2D eigenvalue weighted by molar-refractivity contribution is 0.118. The molecule has 1 fully saturated rings. The first-order chi connectivity index (χ1) is 7.81. The van der Waals surface area contributed by atoms with Crippen LogP contribution in [0.2, 0.25) is 0 Å². The van der Waals surface area contributed by atoms with E-state index in [9.17, 15) is 0 Å². The van der Waals surface area contributed by atoms with Crippen molar-refractivity contribution in [3.05, 3.63) is 35.9 Å². The van der Waals surface area contributed by atoms with Crippen LogP contribution in [0, 0.1) is 5.92 Å². The molecule has 2 N–H and O–H groups in total. The second-order valence-electron chi connectivity index (χ2n) is 4.89. The highest BCUT2D eigenvalue weighted by Crippen LogP contribution is 2.31. The summed E-state index contributed by atoms with van der Waals surface area (Å²) >= 11 is 0. The average molecular weight is 218 g/mol. The molecular weight excluding hydrogens is 196 g/mol. The van der Waals surface area contributed by atoms with Gasteiger partial charge in [-0.2, -0.15) is 0 Å². The topological polar surface area (TPSA) is 29.3 Å². The number of likely N-dealkylation sites (N-methyl/N-ethyl adjacent to an activating group) is 1. The van der Waals surface area contributed by atoms with E-state index in [1.807, 2.05) is 0 Å². The number of nitrogens with zero attached hydrogens (tertiary/aromatic N) is 1. The lowest BCUT2D eigenvalue weighted by Crippen LogP contribution is -2.45. The third-order valence-corrected chi connectivity index (χ3v) is 3.78. The summed E-state index contributed by atoms with van der Waals surface area (Å²) in [7, 11) is 2.20. The minimum atomic E-state index is 0.564. The van der Waals surface area contributed by atoms with Crippen LogP contribution in [0.5, 0.6) is 0 Å². The average Bonchev–Trinajstić information content (AvgIpc) is 2.24. The third-order valence-electron chi connectivity index (χ3n) is 3.78. The van der Waals surface area contributed by atoms with Crippen molar-refractivity contribution in [2.45, 2.75) is 31.8 Å². The standard InChI is InChI=1S/C14H22N2/c1-16(11-12-6-3-2-4-7-12)14(10-15)13-8-5-9-13/h2-4,6-7,13-14H,5,8-11,15H2,1H3. The molecule has 0 aromatic heterocycles. The molecule has 1 aromatic carbocycles. The van der Waals surface area contributed by atoms with Crippen LogP contribution in [-0.4, -0.2) is 24.5 Å². The first kappa shape index (κ1) is 11.6. The van der Waals surface area contributed by atoms with Crippen LogP contribution in [0.3, 0.4) is 0 Å². The van der Waals surface area contributed by atoms with E-state index in [1.165, 1.54) is 24.8 Å². The maximum absolute atomic E-state index is 5.90. The number of hydrogen-bond acceptors (Lipinski definition) is 2. The Bertz CT molecular complexity index is 306. The van der Waals surface area contributed by atoms with Gasteiger partial charge in [0.15, 0.2) is 0 Å². The van der Waals surface area contributed by atoms with E-state index in [0.29, 0.717) is 6.04 Å². The van der Waals surface area contributed by atoms with Crippen LogP contribution in [0.4, 0.5) is 0 Å². The van der Waals surface area contributed by atoms with Crippen molar-refractivity contribution < 1.29 is 0 Å². The first-order valence-electron chi connectivity index (χ1n) is 6.25. The van der Waals surface area contributed by atoms with Crippen molar-refractivity contribution in [2.75, 3.05) is 13.6 Å². The van der Waals surface area contributed by atoms with E-state index in [4.69, 9.17) is 5.73 Å². The van der Waals surface area contributed by atoms with Crippen molar-refractivity contribution in [3.63, 3.8) is 0 Å². The fourth-order valence-electron chi connectivity index (χ4n) is 2.55. The molecule has 1 aliphatic carbocycles. The van der Waals surface area contributed by atoms with Crippen LogP contribution < -0.4 is 5.73 Å². The number of hydrogen-bond donors (Lipinski definition) is 1. The van der Waals surface area contributed by atoms with Crippen molar-refractivity contribution >= 4 is 0 Å². The number of rotatable bonds is 5. The van der Waals surface area contributed by atoms with Gasteiger partial charge in [-0.25, -0.2) is 0 Å². The maximum atomic E-state index is 5.90. The molecule has 2 rings (SSSR count). The van der Waals surface area contributed by atoms with E-state index in [0.717, 1.165) is 19.0 Å². The molecule has 0 radical (unpaired) electrons. The molecule has 0 spiro atoms. The number of nitrogens with two attached hydrogens (primary N) is 1. The summed E-state index contributed by atoms with van der Waals surface area (Å²) in [4.78, 5) is 2.42. The third kappa shape index (κ3) is 2.63. The zero-order chi connectivity index (χ0) is 11.4. The first-order valence-corrected chi connectivity index (χ1v) is 6.25. The second-order valence-corrected chi connectivity index (χ2v) is 4.89. The molecule has 1 aromatic rings. The van der Waals surface area contributed by atoms with Gasteiger partial charge in [-0.1, -0.05) is 36.8 Å². The Labute approximate surface area is 98.4 Å². The summed E-state index contributed by atoms with van der Waals surface area (Å²) in [5.41, 5.74) is 7.27. The fourth-order valence-corrected chi connectivity index (χ4v) is 2.55. The highest BCUT2D eigenvalue weighted by Gasteiger charge is 2.28. The molecule has 2 heteroatoms. The molecule has 2 nitrogen and oxygen atoms in total. The molecule has 1 unspecified atom stereocenters. The fraction of sp³-hybridized carbons (Fsp3) is 0.571. The minimum absolute atomic E-state index is 0.564. The van der Waals surface area contributed by atoms with Gasteiger partial charge < -0.3 is 5.73 Å². The summed E-state index contributed by atoms with van der Waals surface area (Å²) in [5.74, 6) is 0.832. The Hall–Kier alpha value is -0.860. The van der Waals surface area contributed by atoms with Gasteiger partial charge in [-0.15, -0.1) is 0 Å². The minimum Gasteiger partial charge on any atom is -0.329 e. The van der Waals surface area contributed by atoms with Crippen LogP contribution >= 0.6 is 0 Å². The quantitative estimate of drug-likeness (QED) is 0.821. The van der Waals surface area contributed by atoms with Gasteiger partial charge in [-0.3, -0.25) is 4.90 Å². The van der Waals surface area contributed by atoms with E-state index < -0.39 is 0 Å². The summed E-state index contributed by atoms with van der Waals surface area (Å²) in [5, 5.41) is 0. The van der Waals surface area contributed by atoms with E-state index in [1.54, 1.807) is 0 Å². The maximum Gasteiger partial charge on any atom is 0.0247 e. The van der Waals surface area contributed by atoms with Gasteiger partial charge in [0, 0.05) is 19.1 Å². The van der Waals surface area contributed by atoms with E-state index in [-0.39, 0.29) is 0 Å². The number of benzene rings is 1. The highest BCUT2D eigenvalue weighted by molar-refractivity contribution is 5.14. The summed E-state index contributed by atoms with van der Waals surface area (Å²) in [6.45, 7) is 1.80. The Morgan fingerprint density at radius 1 is 1.31 bits per heavy atom. The summed E-state index contributed by atoms with van der Waals surface area (Å²) in [6, 6.07) is 11.2. The molecule has 0 bridgehead atoms. The second kappa shape index (κ2) is 5.46. The van der Waals surface area contributed by atoms with Crippen LogP contribution in [0.1, 0.15) is 24.8 Å². The Balaban J connectivity index is 1.92. The SMILES string of the molecule is CN(Cc1ccccc1)C(CN)C1CCC1. The van der Waals surface area contributed by atoms with Crippen LogP contribution in [0.25, 0.3) is 0 Å². The molecule has 0 heterocycles. The van der Waals surface area contributed by atoms with Gasteiger partial charge in [0.25, 0.3) is 0 Å². The normalized spacial score (nSPS) is 18.4. The largest absolute Gasteiger partial charge is 0.329 e. The van der Waals surface area contributed by atoms with Gasteiger partial charge in [-0.05, 0) is 31.4 Å². The smallest absolute Gasteiger partial charge is 0.0247 e. The molecule has 0 saturated heterocycles. The molecule has 1 atom stereocenters. The molecule has 0 aliphatic heterocycles. The van der Waals surface area contributed by atoms with Crippen LogP contribution in [0.15, 0.2) is 30.3 Å². The van der Waals surface area contributed by atoms with Gasteiger partial charge in [0.2, 0.25) is 0 Å². The van der Waals surface area contributed by atoms with E-state index >= 15 is 0 Å². The molecule has 88 valence electrons. The Morgan fingerprint density at radius 2 is 2.00 bits per heavy atom. The molecule has 0 amide bonds. The van der Waals surface area contributed by atoms with Gasteiger partial charge >= 0.3 is 0 Å². The van der Waals surface area contributed by atoms with Gasteiger partial charge in [0.1, 0.15) is 0 Å². The molecule has 1 aliphatic rings. The van der Waals surface area contributed by atoms with Crippen molar-refractivity contribution in [1.29, 1.82) is 0 Å². The summed E-state index contributed by atoms with van der Waals surface area (Å²) in [6.07, 6.45) is 4.11. The molecule has 16 heavy (non-hydrogen) atoms. The lowest BCUT2D eigenvalue weighted by atomic mass is 9.79. The van der Waals surface area contributed by atoms with Crippen molar-refractivity contribution in [3.8, 4) is 0 Å². The molecule has 1 saturated carbocycles. The Kier molecular flexibility index (Phi) is 3.97. The molecular formula is C14H22N2. The van der Waals surface area contributed by atoms with Crippen molar-refractivity contribution in [1.82, 2.24) is 4.90 Å². The highest BCUT2D eigenvalue weighted by atomic mass is 15.1. The van der Waals surface area contributed by atoms with Crippen molar-refractivity contribution in [2.24, 2.45) is 11.7 Å².